The van der Waals surface area contributed by atoms with Gasteiger partial charge in [0.15, 0.2) is 0 Å². The number of hydrogen-bond donors (Lipinski definition) is 1. The van der Waals surface area contributed by atoms with E-state index in [1.807, 2.05) is 0 Å². The van der Waals surface area contributed by atoms with E-state index in [0.29, 0.717) is 5.41 Å². The van der Waals surface area contributed by atoms with E-state index in [1.54, 1.807) is 11.1 Å². The highest BCUT2D eigenvalue weighted by molar-refractivity contribution is 5.35. The first-order valence-corrected chi connectivity index (χ1v) is 7.11. The molecule has 1 spiro atoms. The molecule has 92 valence electrons. The quantitative estimate of drug-likeness (QED) is 0.821. The molecule has 1 N–H and O–H groups in total. The molecule has 1 heteroatoms. The van der Waals surface area contributed by atoms with Crippen LogP contribution in [-0.2, 0) is 12.8 Å². The number of nitrogens with one attached hydrogen (secondary N) is 1. The fraction of sp³-hybridized carbons (Fsp3) is 0.625. The van der Waals surface area contributed by atoms with Gasteiger partial charge in [-0.05, 0) is 61.2 Å². The largest absolute Gasteiger partial charge is 0.316 e. The number of hydrogen-bond acceptors (Lipinski definition) is 1. The van der Waals surface area contributed by atoms with E-state index < -0.39 is 0 Å². The van der Waals surface area contributed by atoms with E-state index in [-0.39, 0.29) is 0 Å². The molecule has 0 amide bonds. The van der Waals surface area contributed by atoms with Gasteiger partial charge in [0.25, 0.3) is 0 Å². The molecule has 0 radical (unpaired) electrons. The molecule has 1 saturated heterocycles. The van der Waals surface area contributed by atoms with Crippen LogP contribution in [0.3, 0.4) is 0 Å². The highest BCUT2D eigenvalue weighted by Gasteiger charge is 2.44. The summed E-state index contributed by atoms with van der Waals surface area (Å²) < 4.78 is 0. The lowest BCUT2D eigenvalue weighted by Gasteiger charge is -2.42. The second-order valence-corrected chi connectivity index (χ2v) is 5.92. The van der Waals surface area contributed by atoms with Crippen molar-refractivity contribution in [2.24, 2.45) is 11.3 Å². The monoisotopic (exact) mass is 229 g/mol. The van der Waals surface area contributed by atoms with Crippen LogP contribution >= 0.6 is 0 Å². The molecule has 1 atom stereocenters. The van der Waals surface area contributed by atoms with E-state index in [2.05, 4.69) is 36.5 Å². The molecule has 1 aliphatic heterocycles. The third kappa shape index (κ3) is 1.91. The van der Waals surface area contributed by atoms with Gasteiger partial charge < -0.3 is 5.32 Å². The summed E-state index contributed by atoms with van der Waals surface area (Å²) >= 11 is 0. The molecule has 1 unspecified atom stereocenters. The van der Waals surface area contributed by atoms with Crippen molar-refractivity contribution in [1.29, 1.82) is 0 Å². The summed E-state index contributed by atoms with van der Waals surface area (Å²) in [7, 11) is 0. The van der Waals surface area contributed by atoms with Crippen LogP contribution in [0.2, 0.25) is 0 Å². The van der Waals surface area contributed by atoms with Crippen LogP contribution < -0.4 is 5.32 Å². The standard InChI is InChI=1S/C16H23N/c1-2-5-15-12-17-9-8-16(15)10-13-6-3-4-7-14(13)11-16/h3-4,6-7,15,17H,2,5,8-12H2,1H3. The van der Waals surface area contributed by atoms with Crippen molar-refractivity contribution in [1.82, 2.24) is 5.32 Å². The van der Waals surface area contributed by atoms with Gasteiger partial charge >= 0.3 is 0 Å². The zero-order valence-electron chi connectivity index (χ0n) is 10.8. The predicted molar refractivity (Wildman–Crippen MR) is 72.2 cm³/mol. The van der Waals surface area contributed by atoms with Crippen LogP contribution in [-0.4, -0.2) is 13.1 Å². The molecule has 1 fully saturated rings. The fourth-order valence-corrected chi connectivity index (χ4v) is 3.98. The van der Waals surface area contributed by atoms with Gasteiger partial charge in [-0.15, -0.1) is 0 Å². The molecule has 1 nitrogen and oxygen atoms in total. The minimum absolute atomic E-state index is 0.588. The van der Waals surface area contributed by atoms with Gasteiger partial charge in [-0.3, -0.25) is 0 Å². The van der Waals surface area contributed by atoms with Crippen molar-refractivity contribution in [3.63, 3.8) is 0 Å². The Morgan fingerprint density at radius 1 is 1.24 bits per heavy atom. The zero-order chi connectivity index (χ0) is 11.7. The van der Waals surface area contributed by atoms with Crippen molar-refractivity contribution in [3.8, 4) is 0 Å². The van der Waals surface area contributed by atoms with Crippen LogP contribution in [0.15, 0.2) is 24.3 Å². The topological polar surface area (TPSA) is 12.0 Å². The minimum atomic E-state index is 0.588. The first-order chi connectivity index (χ1) is 8.34. The first kappa shape index (κ1) is 11.3. The number of fused-ring (bicyclic) bond motifs is 1. The van der Waals surface area contributed by atoms with Crippen molar-refractivity contribution >= 4 is 0 Å². The summed E-state index contributed by atoms with van der Waals surface area (Å²) in [5.74, 6) is 0.883. The molecular weight excluding hydrogens is 206 g/mol. The van der Waals surface area contributed by atoms with Gasteiger partial charge in [-0.2, -0.15) is 0 Å². The van der Waals surface area contributed by atoms with Gasteiger partial charge in [0, 0.05) is 0 Å². The Morgan fingerprint density at radius 2 is 1.94 bits per heavy atom. The summed E-state index contributed by atoms with van der Waals surface area (Å²) in [5.41, 5.74) is 3.83. The lowest BCUT2D eigenvalue weighted by Crippen LogP contribution is -2.45. The molecule has 2 aliphatic rings. The average molecular weight is 229 g/mol. The normalized spacial score (nSPS) is 26.1. The lowest BCUT2D eigenvalue weighted by atomic mass is 9.67. The number of benzene rings is 1. The van der Waals surface area contributed by atoms with E-state index in [1.165, 1.54) is 45.2 Å². The SMILES string of the molecule is CCCC1CNCCC12Cc1ccccc1C2. The van der Waals surface area contributed by atoms with Gasteiger partial charge in [0.2, 0.25) is 0 Å². The minimum Gasteiger partial charge on any atom is -0.316 e. The maximum absolute atomic E-state index is 3.60. The van der Waals surface area contributed by atoms with Crippen LogP contribution in [0.1, 0.15) is 37.3 Å². The molecule has 1 aliphatic carbocycles. The molecule has 1 heterocycles. The number of rotatable bonds is 2. The van der Waals surface area contributed by atoms with Crippen LogP contribution in [0, 0.1) is 11.3 Å². The Bertz CT molecular complexity index is 369. The summed E-state index contributed by atoms with van der Waals surface area (Å²) in [4.78, 5) is 0. The lowest BCUT2D eigenvalue weighted by molar-refractivity contribution is 0.111. The highest BCUT2D eigenvalue weighted by atomic mass is 14.9. The van der Waals surface area contributed by atoms with Gasteiger partial charge in [-0.25, -0.2) is 0 Å². The Morgan fingerprint density at radius 3 is 2.59 bits per heavy atom. The summed E-state index contributed by atoms with van der Waals surface area (Å²) in [5, 5.41) is 3.60. The summed E-state index contributed by atoms with van der Waals surface area (Å²) in [6, 6.07) is 9.09. The van der Waals surface area contributed by atoms with Crippen LogP contribution in [0.5, 0.6) is 0 Å². The Balaban J connectivity index is 1.87. The Labute approximate surface area is 105 Å². The van der Waals surface area contributed by atoms with Gasteiger partial charge in [0.1, 0.15) is 0 Å². The third-order valence-electron chi connectivity index (χ3n) is 4.90. The van der Waals surface area contributed by atoms with Crippen LogP contribution in [0.4, 0.5) is 0 Å². The second-order valence-electron chi connectivity index (χ2n) is 5.92. The molecular formula is C16H23N. The van der Waals surface area contributed by atoms with E-state index in [4.69, 9.17) is 0 Å². The zero-order valence-corrected chi connectivity index (χ0v) is 10.8. The molecule has 0 aromatic heterocycles. The van der Waals surface area contributed by atoms with Crippen molar-refractivity contribution < 1.29 is 0 Å². The highest BCUT2D eigenvalue weighted by Crippen LogP contribution is 2.47. The molecule has 0 saturated carbocycles. The van der Waals surface area contributed by atoms with Crippen molar-refractivity contribution in [2.75, 3.05) is 13.1 Å². The summed E-state index contributed by atoms with van der Waals surface area (Å²) in [6.45, 7) is 4.78. The van der Waals surface area contributed by atoms with Crippen LogP contribution in [0.25, 0.3) is 0 Å². The average Bonchev–Trinajstić information content (AvgIpc) is 2.71. The maximum atomic E-state index is 3.60. The third-order valence-corrected chi connectivity index (χ3v) is 4.90. The summed E-state index contributed by atoms with van der Waals surface area (Å²) in [6.07, 6.45) is 6.74. The second kappa shape index (κ2) is 4.45. The molecule has 17 heavy (non-hydrogen) atoms. The van der Waals surface area contributed by atoms with E-state index in [0.717, 1.165) is 5.92 Å². The Kier molecular flexibility index (Phi) is 2.96. The Hall–Kier alpha value is -0.820. The van der Waals surface area contributed by atoms with E-state index in [9.17, 15) is 0 Å². The fourth-order valence-electron chi connectivity index (χ4n) is 3.98. The first-order valence-electron chi connectivity index (χ1n) is 7.11. The maximum Gasteiger partial charge on any atom is -0.00150 e. The van der Waals surface area contributed by atoms with E-state index >= 15 is 0 Å². The molecule has 1 aromatic rings. The van der Waals surface area contributed by atoms with Crippen molar-refractivity contribution in [2.45, 2.75) is 39.0 Å². The van der Waals surface area contributed by atoms with Gasteiger partial charge in [0.05, 0.1) is 0 Å². The molecule has 1 aromatic carbocycles. The molecule has 3 rings (SSSR count). The van der Waals surface area contributed by atoms with Gasteiger partial charge in [-0.1, -0.05) is 37.6 Å². The smallest absolute Gasteiger partial charge is 0.00150 e. The predicted octanol–water partition coefficient (Wildman–Crippen LogP) is 3.18. The van der Waals surface area contributed by atoms with Crippen molar-refractivity contribution in [3.05, 3.63) is 35.4 Å². The molecule has 0 bridgehead atoms. The number of piperidine rings is 1.